The van der Waals surface area contributed by atoms with E-state index < -0.39 is 34.9 Å². The van der Waals surface area contributed by atoms with Crippen molar-refractivity contribution < 1.29 is 19.1 Å². The Hall–Kier alpha value is -3.89. The average Bonchev–Trinajstić information content (AvgIpc) is 3.93. The number of aromatic nitrogens is 1. The standard InChI is InChI=1S/C35H41FN6O3/c1-21-3-8-31(38-19-21)40-33(44)42-20-34(45,24-4-5-24)18-26(42)17-32(43)39-30-16-25(6-7-28(30)36)35(12-9-23-15-22(23)2)27-10-13-37-14-11-29(27)41-35/h3,6-8,10-11,13-14,16,19,22-24,26,29,41,45H,4-5,9,12,15,17-18,20H2,1-2H3,(H,39,43)(H,38,40,44)/t22-,23?,26+,29?,34-,35?/m1/s1. The average molecular weight is 613 g/mol. The Balaban J connectivity index is 1.09. The van der Waals surface area contributed by atoms with Crippen molar-refractivity contribution in [1.29, 1.82) is 0 Å². The molecule has 1 aromatic carbocycles. The lowest BCUT2D eigenvalue weighted by Gasteiger charge is -2.52. The molecule has 0 radical (unpaired) electrons. The van der Waals surface area contributed by atoms with Gasteiger partial charge in [-0.1, -0.05) is 19.1 Å². The Morgan fingerprint density at radius 3 is 2.76 bits per heavy atom. The van der Waals surface area contributed by atoms with E-state index in [4.69, 9.17) is 0 Å². The highest BCUT2D eigenvalue weighted by molar-refractivity contribution is 5.93. The van der Waals surface area contributed by atoms with Gasteiger partial charge < -0.3 is 15.3 Å². The molecule has 1 aromatic heterocycles. The molecule has 10 heteroatoms. The van der Waals surface area contributed by atoms with Gasteiger partial charge in [-0.25, -0.2) is 14.2 Å². The third-order valence-corrected chi connectivity index (χ3v) is 10.5. The van der Waals surface area contributed by atoms with Gasteiger partial charge in [0.2, 0.25) is 5.91 Å². The minimum absolute atomic E-state index is 0.0621. The van der Waals surface area contributed by atoms with E-state index in [1.54, 1.807) is 36.8 Å². The summed E-state index contributed by atoms with van der Waals surface area (Å²) in [6, 6.07) is 7.63. The number of nitrogens with one attached hydrogen (secondary N) is 3. The van der Waals surface area contributed by atoms with Crippen LogP contribution in [0.15, 0.2) is 65.4 Å². The van der Waals surface area contributed by atoms with Gasteiger partial charge in [0.05, 0.1) is 29.4 Å². The molecule has 9 nitrogen and oxygen atoms in total. The number of allylic oxidation sites excluding steroid dienone is 1. The number of anilines is 2. The number of aryl methyl sites for hydroxylation is 1. The predicted octanol–water partition coefficient (Wildman–Crippen LogP) is 5.43. The third-order valence-electron chi connectivity index (χ3n) is 10.5. The number of halogens is 1. The van der Waals surface area contributed by atoms with Crippen LogP contribution in [0.3, 0.4) is 0 Å². The number of pyridine rings is 1. The molecule has 3 unspecified atom stereocenters. The monoisotopic (exact) mass is 612 g/mol. The maximum absolute atomic E-state index is 15.2. The van der Waals surface area contributed by atoms with Gasteiger partial charge in [0, 0.05) is 31.1 Å². The van der Waals surface area contributed by atoms with E-state index in [1.807, 2.05) is 25.1 Å². The molecule has 3 amide bonds. The smallest absolute Gasteiger partial charge is 0.323 e. The van der Waals surface area contributed by atoms with Gasteiger partial charge in [-0.3, -0.25) is 20.4 Å². The lowest BCUT2D eigenvalue weighted by atomic mass is 9.68. The zero-order chi connectivity index (χ0) is 31.3. The number of benzene rings is 1. The quantitative estimate of drug-likeness (QED) is 0.301. The predicted molar refractivity (Wildman–Crippen MR) is 171 cm³/mol. The van der Waals surface area contributed by atoms with Crippen molar-refractivity contribution in [3.8, 4) is 0 Å². The fourth-order valence-corrected chi connectivity index (χ4v) is 7.50. The topological polar surface area (TPSA) is 119 Å². The van der Waals surface area contributed by atoms with Gasteiger partial charge in [0.1, 0.15) is 11.6 Å². The fraction of sp³-hybridized carbons (Fsp3) is 0.486. The molecule has 3 aliphatic heterocycles. The number of rotatable bonds is 9. The number of nitrogens with zero attached hydrogens (tertiary/aromatic N) is 3. The number of fused-ring (bicyclic) bond motifs is 1. The van der Waals surface area contributed by atoms with Crippen molar-refractivity contribution in [2.75, 3.05) is 17.2 Å². The number of aliphatic imine (C=N–C) groups is 1. The van der Waals surface area contributed by atoms with Crippen LogP contribution in [0.4, 0.5) is 20.7 Å². The number of hydrogen-bond acceptors (Lipinski definition) is 6. The molecular formula is C35H41FN6O3. The highest BCUT2D eigenvalue weighted by Gasteiger charge is 2.53. The summed E-state index contributed by atoms with van der Waals surface area (Å²) in [6.45, 7) is 4.33. The molecule has 45 heavy (non-hydrogen) atoms. The summed E-state index contributed by atoms with van der Waals surface area (Å²) >= 11 is 0. The fourth-order valence-electron chi connectivity index (χ4n) is 7.50. The SMILES string of the molecule is Cc1ccc(NC(=O)N2C[C@@](O)(C3CC3)C[C@@H]2CC(=O)Nc2cc(C3(CCC4C[C@H]4C)NC4C=CN=CC=C43)ccc2F)nc1. The van der Waals surface area contributed by atoms with Gasteiger partial charge in [0.25, 0.3) is 0 Å². The highest BCUT2D eigenvalue weighted by atomic mass is 19.1. The molecule has 7 rings (SSSR count). The summed E-state index contributed by atoms with van der Waals surface area (Å²) in [5.41, 5.74) is 1.65. The molecular weight excluding hydrogens is 571 g/mol. The second-order valence-corrected chi connectivity index (χ2v) is 13.8. The number of urea groups is 1. The van der Waals surface area contributed by atoms with Crippen LogP contribution in [-0.2, 0) is 10.3 Å². The van der Waals surface area contributed by atoms with Crippen LogP contribution < -0.4 is 16.0 Å². The van der Waals surface area contributed by atoms with Crippen LogP contribution in [-0.4, -0.2) is 57.4 Å². The molecule has 4 N–H and O–H groups in total. The Kier molecular flexibility index (Phi) is 7.60. The molecule has 2 saturated carbocycles. The van der Waals surface area contributed by atoms with Crippen molar-refractivity contribution in [3.63, 3.8) is 0 Å². The normalized spacial score (nSPS) is 31.5. The van der Waals surface area contributed by atoms with Crippen LogP contribution in [0.1, 0.15) is 63.0 Å². The number of aliphatic hydroxyl groups is 1. The van der Waals surface area contributed by atoms with E-state index in [2.05, 4.69) is 32.9 Å². The van der Waals surface area contributed by atoms with Gasteiger partial charge in [-0.2, -0.15) is 0 Å². The van der Waals surface area contributed by atoms with Gasteiger partial charge in [-0.05, 0) is 110 Å². The Labute approximate surface area is 263 Å². The molecule has 6 atom stereocenters. The summed E-state index contributed by atoms with van der Waals surface area (Å²) in [5, 5.41) is 20.7. The summed E-state index contributed by atoms with van der Waals surface area (Å²) in [6.07, 6.45) is 14.5. The van der Waals surface area contributed by atoms with E-state index in [1.165, 1.54) is 23.0 Å². The number of carbonyl (C=O) groups is 2. The van der Waals surface area contributed by atoms with Crippen molar-refractivity contribution >= 4 is 29.7 Å². The zero-order valence-corrected chi connectivity index (χ0v) is 25.8. The van der Waals surface area contributed by atoms with E-state index >= 15 is 4.39 Å². The first kappa shape index (κ1) is 29.8. The summed E-state index contributed by atoms with van der Waals surface area (Å²) < 4.78 is 15.2. The minimum Gasteiger partial charge on any atom is -0.388 e. The number of amides is 3. The largest absolute Gasteiger partial charge is 0.388 e. The summed E-state index contributed by atoms with van der Waals surface area (Å²) in [7, 11) is 0. The van der Waals surface area contributed by atoms with Crippen molar-refractivity contribution in [2.24, 2.45) is 22.7 Å². The van der Waals surface area contributed by atoms with E-state index in [0.717, 1.165) is 42.7 Å². The third kappa shape index (κ3) is 5.93. The molecule has 4 fully saturated rings. The van der Waals surface area contributed by atoms with E-state index in [9.17, 15) is 14.7 Å². The number of hydrogen-bond donors (Lipinski definition) is 4. The number of likely N-dealkylation sites (tertiary alicyclic amines) is 1. The van der Waals surface area contributed by atoms with Crippen LogP contribution in [0.5, 0.6) is 0 Å². The second kappa shape index (κ2) is 11.5. The van der Waals surface area contributed by atoms with Gasteiger partial charge in [0.15, 0.2) is 0 Å². The van der Waals surface area contributed by atoms with Crippen LogP contribution in [0.25, 0.3) is 0 Å². The van der Waals surface area contributed by atoms with E-state index in [-0.39, 0.29) is 30.6 Å². The first-order chi connectivity index (χ1) is 21.6. The maximum Gasteiger partial charge on any atom is 0.323 e. The molecule has 2 saturated heterocycles. The van der Waals surface area contributed by atoms with Gasteiger partial charge in [-0.15, -0.1) is 0 Å². The first-order valence-corrected chi connectivity index (χ1v) is 16.1. The molecule has 2 aromatic rings. The zero-order valence-electron chi connectivity index (χ0n) is 25.8. The lowest BCUT2D eigenvalue weighted by Crippen LogP contribution is -2.62. The Bertz CT molecular complexity index is 1590. The minimum atomic E-state index is -1.05. The first-order valence-electron chi connectivity index (χ1n) is 16.1. The van der Waals surface area contributed by atoms with Crippen molar-refractivity contribution in [3.05, 3.63) is 77.4 Å². The maximum atomic E-state index is 15.2. The van der Waals surface area contributed by atoms with E-state index in [0.29, 0.717) is 18.2 Å². The van der Waals surface area contributed by atoms with Crippen LogP contribution >= 0.6 is 0 Å². The Morgan fingerprint density at radius 2 is 2.02 bits per heavy atom. The summed E-state index contributed by atoms with van der Waals surface area (Å²) in [4.78, 5) is 36.9. The molecule has 5 aliphatic rings. The molecule has 236 valence electrons. The number of carbonyl (C=O) groups excluding carboxylic acids is 2. The molecule has 4 heterocycles. The van der Waals surface area contributed by atoms with Crippen LogP contribution in [0, 0.1) is 30.5 Å². The lowest BCUT2D eigenvalue weighted by molar-refractivity contribution is -0.117. The molecule has 2 aliphatic carbocycles. The van der Waals surface area contributed by atoms with Crippen LogP contribution in [0.2, 0.25) is 0 Å². The number of β-amino-alcohol motifs (C(OH)–C–C–N with tert-alkyl or cyclic N) is 1. The molecule has 0 spiro atoms. The van der Waals surface area contributed by atoms with Crippen molar-refractivity contribution in [1.82, 2.24) is 15.2 Å². The van der Waals surface area contributed by atoms with Gasteiger partial charge >= 0.3 is 6.03 Å². The molecule has 0 bridgehead atoms. The summed E-state index contributed by atoms with van der Waals surface area (Å²) in [5.74, 6) is 1.00. The Morgan fingerprint density at radius 1 is 1.20 bits per heavy atom. The highest BCUT2D eigenvalue weighted by Crippen LogP contribution is 2.50. The second-order valence-electron chi connectivity index (χ2n) is 13.8. The van der Waals surface area contributed by atoms with Crippen molar-refractivity contribution in [2.45, 2.75) is 82.0 Å².